The first kappa shape index (κ1) is 31.4. The molecule has 0 amide bonds. The van der Waals surface area contributed by atoms with Gasteiger partial charge in [-0.25, -0.2) is 23.7 Å². The number of benzene rings is 2. The molecule has 226 valence electrons. The normalized spacial score (nSPS) is 18.3. The van der Waals surface area contributed by atoms with Crippen LogP contribution in [0.3, 0.4) is 0 Å². The Morgan fingerprint density at radius 3 is 2.53 bits per heavy atom. The lowest BCUT2D eigenvalue weighted by atomic mass is 9.73. The molecule has 0 radical (unpaired) electrons. The largest absolute Gasteiger partial charge is 0.461 e. The quantitative estimate of drug-likeness (QED) is 0.297. The van der Waals surface area contributed by atoms with Gasteiger partial charge in [-0.3, -0.25) is 0 Å². The molecule has 1 aromatic heterocycles. The summed E-state index contributed by atoms with van der Waals surface area (Å²) in [6, 6.07) is 13.2. The van der Waals surface area contributed by atoms with Gasteiger partial charge in [-0.05, 0) is 82.6 Å². The average molecular weight is 641 g/mol. The van der Waals surface area contributed by atoms with Gasteiger partial charge in [0.25, 0.3) is 0 Å². The molecule has 1 aliphatic heterocycles. The van der Waals surface area contributed by atoms with Gasteiger partial charge in [-0.1, -0.05) is 47.5 Å². The highest BCUT2D eigenvalue weighted by atomic mass is 35.5. The number of ether oxygens (including phenoxy) is 1. The van der Waals surface area contributed by atoms with Crippen LogP contribution in [0.2, 0.25) is 10.0 Å². The number of carbonyl (C=O) groups is 1. The highest BCUT2D eigenvalue weighted by Crippen LogP contribution is 2.53. The minimum absolute atomic E-state index is 0.124. The molecule has 1 spiro atoms. The van der Waals surface area contributed by atoms with Gasteiger partial charge in [0.2, 0.25) is 0 Å². The summed E-state index contributed by atoms with van der Waals surface area (Å²) in [7, 11) is -1.33. The first-order valence-corrected chi connectivity index (χ1v) is 16.3. The molecule has 43 heavy (non-hydrogen) atoms. The molecule has 2 atom stereocenters. The monoisotopic (exact) mass is 639 g/mol. The van der Waals surface area contributed by atoms with Crippen LogP contribution in [-0.4, -0.2) is 44.6 Å². The number of anilines is 1. The van der Waals surface area contributed by atoms with E-state index in [-0.39, 0.29) is 23.8 Å². The molecule has 5 rings (SSSR count). The summed E-state index contributed by atoms with van der Waals surface area (Å²) in [6.45, 7) is 10.8. The Hall–Kier alpha value is -3.03. The zero-order valence-corrected chi connectivity index (χ0v) is 27.3. The van der Waals surface area contributed by atoms with E-state index < -0.39 is 21.7 Å². The molecule has 3 aromatic rings. The number of hydrogen-bond acceptors (Lipinski definition) is 7. The van der Waals surface area contributed by atoms with Crippen LogP contribution < -0.4 is 9.62 Å². The molecular formula is C32H35Cl2N5O3S. The van der Waals surface area contributed by atoms with E-state index in [0.29, 0.717) is 51.5 Å². The van der Waals surface area contributed by atoms with Crippen LogP contribution >= 0.6 is 23.2 Å². The molecule has 8 nitrogen and oxygen atoms in total. The first-order valence-electron chi connectivity index (χ1n) is 14.3. The van der Waals surface area contributed by atoms with Crippen LogP contribution in [0.15, 0.2) is 36.4 Å². The Labute approximate surface area is 265 Å². The Morgan fingerprint density at radius 2 is 1.88 bits per heavy atom. The van der Waals surface area contributed by atoms with E-state index in [4.69, 9.17) is 37.9 Å². The molecule has 0 unspecified atom stereocenters. The van der Waals surface area contributed by atoms with Gasteiger partial charge in [0.15, 0.2) is 11.5 Å². The third-order valence-electron chi connectivity index (χ3n) is 8.33. The fourth-order valence-corrected chi connectivity index (χ4v) is 7.42. The number of aryl methyl sites for hydroxylation is 1. The number of carbonyl (C=O) groups excluding carboxylic acids is 1. The molecule has 1 aliphatic carbocycles. The highest BCUT2D eigenvalue weighted by molar-refractivity contribution is 7.84. The number of piperidine rings is 1. The third-order valence-corrected chi connectivity index (χ3v) is 10.7. The predicted molar refractivity (Wildman–Crippen MR) is 171 cm³/mol. The van der Waals surface area contributed by atoms with E-state index in [1.54, 1.807) is 25.1 Å². The van der Waals surface area contributed by atoms with Crippen LogP contribution in [0, 0.1) is 23.7 Å². The standard InChI is InChI=1S/C32H35Cl2N5O3S/c1-6-42-30(40)27-29(36-19(2)26(37-27)22-11-8-12-23(33)25(22)34)39-15-13-32(14-16-39)17-20-9-7-10-21(18-35)24(20)28(32)38-43(41)31(3,4)5/h7-12,28,38H,6,13-17H2,1-5H3/t28-,43-/m1/s1. The second-order valence-corrected chi connectivity index (χ2v) is 14.9. The van der Waals surface area contributed by atoms with Crippen molar-refractivity contribution < 1.29 is 13.7 Å². The van der Waals surface area contributed by atoms with Gasteiger partial charge >= 0.3 is 5.97 Å². The summed E-state index contributed by atoms with van der Waals surface area (Å²) < 4.78 is 21.7. The molecular weight excluding hydrogens is 605 g/mol. The number of fused-ring (bicyclic) bond motifs is 1. The summed E-state index contributed by atoms with van der Waals surface area (Å²) in [5, 5.41) is 10.7. The predicted octanol–water partition coefficient (Wildman–Crippen LogP) is 6.74. The van der Waals surface area contributed by atoms with Gasteiger partial charge < -0.3 is 9.64 Å². The molecule has 11 heteroatoms. The molecule has 2 aliphatic rings. The van der Waals surface area contributed by atoms with Crippen molar-refractivity contribution in [2.75, 3.05) is 24.6 Å². The van der Waals surface area contributed by atoms with Gasteiger partial charge in [0.1, 0.15) is 0 Å². The minimum Gasteiger partial charge on any atom is -0.461 e. The summed E-state index contributed by atoms with van der Waals surface area (Å²) in [5.41, 5.74) is 4.21. The number of halogens is 2. The maximum atomic E-state index is 13.4. The van der Waals surface area contributed by atoms with Crippen molar-refractivity contribution in [1.82, 2.24) is 14.7 Å². The lowest BCUT2D eigenvalue weighted by Crippen LogP contribution is -2.48. The van der Waals surface area contributed by atoms with Crippen molar-refractivity contribution >= 4 is 46.0 Å². The maximum absolute atomic E-state index is 13.4. The van der Waals surface area contributed by atoms with Crippen molar-refractivity contribution in [3.05, 3.63) is 74.5 Å². The smallest absolute Gasteiger partial charge is 0.360 e. The topological polar surface area (TPSA) is 108 Å². The average Bonchev–Trinajstić information content (AvgIpc) is 3.26. The second-order valence-electron chi connectivity index (χ2n) is 12.1. The zero-order valence-electron chi connectivity index (χ0n) is 25.0. The van der Waals surface area contributed by atoms with Crippen molar-refractivity contribution in [2.45, 2.75) is 64.7 Å². The van der Waals surface area contributed by atoms with Crippen LogP contribution in [0.5, 0.6) is 0 Å². The van der Waals surface area contributed by atoms with E-state index >= 15 is 0 Å². The molecule has 0 saturated carbocycles. The van der Waals surface area contributed by atoms with Gasteiger partial charge in [0.05, 0.1) is 61.4 Å². The van der Waals surface area contributed by atoms with Crippen LogP contribution in [0.25, 0.3) is 11.3 Å². The number of aromatic nitrogens is 2. The van der Waals surface area contributed by atoms with Gasteiger partial charge in [0, 0.05) is 18.7 Å². The zero-order chi connectivity index (χ0) is 31.1. The molecule has 1 N–H and O–H groups in total. The van der Waals surface area contributed by atoms with E-state index in [1.165, 1.54) is 0 Å². The number of esters is 1. The SMILES string of the molecule is CCOC(=O)c1nc(-c2cccc(Cl)c2Cl)c(C)nc1N1CCC2(CC1)Cc1cccc(C#N)c1[C@H]2N[S@](=O)C(C)(C)C. The van der Waals surface area contributed by atoms with Crippen LogP contribution in [0.1, 0.15) is 79.5 Å². The van der Waals surface area contributed by atoms with Crippen molar-refractivity contribution in [3.63, 3.8) is 0 Å². The maximum Gasteiger partial charge on any atom is 0.360 e. The van der Waals surface area contributed by atoms with Crippen molar-refractivity contribution in [3.8, 4) is 17.3 Å². The third kappa shape index (κ3) is 5.91. The lowest BCUT2D eigenvalue weighted by Gasteiger charge is -2.44. The van der Waals surface area contributed by atoms with E-state index in [9.17, 15) is 14.3 Å². The van der Waals surface area contributed by atoms with Gasteiger partial charge in [-0.2, -0.15) is 5.26 Å². The second kappa shape index (κ2) is 12.2. The molecule has 1 fully saturated rings. The first-order chi connectivity index (χ1) is 20.4. The summed E-state index contributed by atoms with van der Waals surface area (Å²) >= 11 is 12.8. The lowest BCUT2D eigenvalue weighted by molar-refractivity contribution is 0.0519. The fraction of sp³-hybridized carbons (Fsp3) is 0.438. The number of nitrogens with one attached hydrogen (secondary N) is 1. The molecule has 2 heterocycles. The Kier molecular flexibility index (Phi) is 8.88. The van der Waals surface area contributed by atoms with Crippen LogP contribution in [-0.2, 0) is 22.1 Å². The Balaban J connectivity index is 1.51. The molecule has 2 aromatic carbocycles. The summed E-state index contributed by atoms with van der Waals surface area (Å²) in [6.07, 6.45) is 2.24. The van der Waals surface area contributed by atoms with Crippen molar-refractivity contribution in [2.24, 2.45) is 5.41 Å². The number of nitrogens with zero attached hydrogens (tertiary/aromatic N) is 4. The minimum atomic E-state index is -1.33. The van der Waals surface area contributed by atoms with E-state index in [1.807, 2.05) is 39.8 Å². The summed E-state index contributed by atoms with van der Waals surface area (Å²) in [4.78, 5) is 24.9. The highest BCUT2D eigenvalue weighted by Gasteiger charge is 2.50. The Morgan fingerprint density at radius 1 is 1.19 bits per heavy atom. The van der Waals surface area contributed by atoms with E-state index in [0.717, 1.165) is 30.4 Å². The van der Waals surface area contributed by atoms with Crippen molar-refractivity contribution in [1.29, 1.82) is 5.26 Å². The fourth-order valence-electron chi connectivity index (χ4n) is 6.10. The number of rotatable bonds is 6. The Bertz CT molecular complexity index is 1640. The summed E-state index contributed by atoms with van der Waals surface area (Å²) in [5.74, 6) is -0.0968. The van der Waals surface area contributed by atoms with E-state index in [2.05, 4.69) is 21.8 Å². The number of nitriles is 1. The molecule has 0 bridgehead atoms. The van der Waals surface area contributed by atoms with Crippen LogP contribution in [0.4, 0.5) is 5.82 Å². The number of hydrogen-bond donors (Lipinski definition) is 1. The van der Waals surface area contributed by atoms with Gasteiger partial charge in [-0.15, -0.1) is 0 Å². The molecule has 1 saturated heterocycles.